The van der Waals surface area contributed by atoms with Crippen molar-refractivity contribution in [2.45, 2.75) is 65.0 Å². The fourth-order valence-corrected chi connectivity index (χ4v) is 4.60. The molecule has 2 aliphatic rings. The van der Waals surface area contributed by atoms with E-state index in [0.717, 1.165) is 23.9 Å². The fraction of sp³-hybridized carbons (Fsp3) is 1.00. The van der Waals surface area contributed by atoms with Crippen molar-refractivity contribution in [3.05, 3.63) is 0 Å². The van der Waals surface area contributed by atoms with E-state index in [1.807, 2.05) is 0 Å². The molecule has 0 radical (unpaired) electrons. The van der Waals surface area contributed by atoms with Crippen LogP contribution in [0.2, 0.25) is 0 Å². The minimum atomic E-state index is 0.743. The average Bonchev–Trinajstić information content (AvgIpc) is 2.48. The average molecular weight is 299 g/mol. The minimum absolute atomic E-state index is 0.743. The van der Waals surface area contributed by atoms with E-state index < -0.39 is 0 Å². The topological polar surface area (TPSA) is 15.3 Å². The molecule has 2 nitrogen and oxygen atoms in total. The van der Waals surface area contributed by atoms with Gasteiger partial charge in [0.15, 0.2) is 0 Å². The number of rotatable bonds is 6. The maximum absolute atomic E-state index is 3.89. The van der Waals surface area contributed by atoms with Gasteiger partial charge in [-0.15, -0.1) is 0 Å². The van der Waals surface area contributed by atoms with E-state index in [-0.39, 0.29) is 0 Å². The van der Waals surface area contributed by atoms with Crippen molar-refractivity contribution in [1.82, 2.24) is 10.2 Å². The Bertz CT molecular complexity index is 264. The SMILES string of the molecule is CCSCCN1CC(C2CCCCC2)NCC1C(C)C. The van der Waals surface area contributed by atoms with Gasteiger partial charge in [-0.1, -0.05) is 40.0 Å². The van der Waals surface area contributed by atoms with Gasteiger partial charge in [0.1, 0.15) is 0 Å². The predicted octanol–water partition coefficient (Wildman–Crippen LogP) is 3.62. The van der Waals surface area contributed by atoms with Gasteiger partial charge in [0.05, 0.1) is 0 Å². The van der Waals surface area contributed by atoms with Gasteiger partial charge in [0.2, 0.25) is 0 Å². The molecule has 1 heterocycles. The van der Waals surface area contributed by atoms with E-state index in [0.29, 0.717) is 0 Å². The van der Waals surface area contributed by atoms with Crippen LogP contribution >= 0.6 is 11.8 Å². The quantitative estimate of drug-likeness (QED) is 0.754. The normalized spacial score (nSPS) is 30.0. The Kier molecular flexibility index (Phi) is 7.20. The van der Waals surface area contributed by atoms with Gasteiger partial charge in [0.25, 0.3) is 0 Å². The van der Waals surface area contributed by atoms with Crippen LogP contribution in [0.5, 0.6) is 0 Å². The standard InChI is InChI=1S/C17H34N2S/c1-4-20-11-10-19-13-16(15-8-6-5-7-9-15)18-12-17(19)14(2)3/h14-18H,4-13H2,1-3H3. The first kappa shape index (κ1) is 16.6. The van der Waals surface area contributed by atoms with Crippen LogP contribution in [-0.4, -0.2) is 48.1 Å². The third-order valence-corrected chi connectivity index (χ3v) is 6.08. The van der Waals surface area contributed by atoms with Crippen LogP contribution in [0.1, 0.15) is 52.9 Å². The highest BCUT2D eigenvalue weighted by atomic mass is 32.2. The lowest BCUT2D eigenvalue weighted by molar-refractivity contribution is 0.0779. The van der Waals surface area contributed by atoms with Crippen LogP contribution in [0.4, 0.5) is 0 Å². The molecule has 20 heavy (non-hydrogen) atoms. The maximum Gasteiger partial charge on any atom is 0.0244 e. The predicted molar refractivity (Wildman–Crippen MR) is 91.6 cm³/mol. The second kappa shape index (κ2) is 8.65. The summed E-state index contributed by atoms with van der Waals surface area (Å²) < 4.78 is 0. The summed E-state index contributed by atoms with van der Waals surface area (Å²) in [4.78, 5) is 2.79. The Hall–Kier alpha value is 0.270. The lowest BCUT2D eigenvalue weighted by atomic mass is 9.82. The van der Waals surface area contributed by atoms with Crippen LogP contribution < -0.4 is 5.32 Å². The van der Waals surface area contributed by atoms with Crippen molar-refractivity contribution >= 4 is 11.8 Å². The molecule has 2 atom stereocenters. The smallest absolute Gasteiger partial charge is 0.0244 e. The molecule has 1 N–H and O–H groups in total. The Balaban J connectivity index is 1.88. The van der Waals surface area contributed by atoms with E-state index in [1.54, 1.807) is 0 Å². The van der Waals surface area contributed by atoms with Crippen LogP contribution in [0.25, 0.3) is 0 Å². The second-order valence-electron chi connectivity index (χ2n) is 6.92. The van der Waals surface area contributed by atoms with E-state index >= 15 is 0 Å². The molecule has 1 aliphatic heterocycles. The second-order valence-corrected chi connectivity index (χ2v) is 8.31. The fourth-order valence-electron chi connectivity index (χ4n) is 3.95. The van der Waals surface area contributed by atoms with E-state index in [2.05, 4.69) is 42.7 Å². The molecule has 0 bridgehead atoms. The van der Waals surface area contributed by atoms with Gasteiger partial charge in [-0.05, 0) is 30.4 Å². The summed E-state index contributed by atoms with van der Waals surface area (Å²) in [6, 6.07) is 1.50. The van der Waals surface area contributed by atoms with Gasteiger partial charge in [0, 0.05) is 37.5 Å². The van der Waals surface area contributed by atoms with E-state index in [1.165, 1.54) is 63.2 Å². The van der Waals surface area contributed by atoms with Crippen molar-refractivity contribution in [2.75, 3.05) is 31.1 Å². The monoisotopic (exact) mass is 298 g/mol. The molecule has 2 unspecified atom stereocenters. The van der Waals surface area contributed by atoms with Crippen molar-refractivity contribution in [1.29, 1.82) is 0 Å². The van der Waals surface area contributed by atoms with Crippen LogP contribution in [0, 0.1) is 11.8 Å². The molecule has 1 saturated carbocycles. The Labute approximate surface area is 130 Å². The van der Waals surface area contributed by atoms with Crippen molar-refractivity contribution in [2.24, 2.45) is 11.8 Å². The lowest BCUT2D eigenvalue weighted by Crippen LogP contribution is -2.60. The third-order valence-electron chi connectivity index (χ3n) is 5.20. The molecular formula is C17H34N2S. The molecule has 0 amide bonds. The number of nitrogens with one attached hydrogen (secondary N) is 1. The zero-order valence-corrected chi connectivity index (χ0v) is 14.6. The summed E-state index contributed by atoms with van der Waals surface area (Å²) in [6.07, 6.45) is 7.31. The Morgan fingerprint density at radius 2 is 1.95 bits per heavy atom. The first-order chi connectivity index (χ1) is 9.72. The van der Waals surface area contributed by atoms with E-state index in [4.69, 9.17) is 0 Å². The first-order valence-corrected chi connectivity index (χ1v) is 9.93. The van der Waals surface area contributed by atoms with Crippen molar-refractivity contribution < 1.29 is 0 Å². The molecule has 0 aromatic carbocycles. The zero-order valence-electron chi connectivity index (χ0n) is 13.7. The first-order valence-electron chi connectivity index (χ1n) is 8.77. The van der Waals surface area contributed by atoms with Gasteiger partial charge >= 0.3 is 0 Å². The van der Waals surface area contributed by atoms with Gasteiger partial charge < -0.3 is 5.32 Å². The molecule has 2 rings (SSSR count). The number of thioether (sulfide) groups is 1. The molecule has 0 spiro atoms. The summed E-state index contributed by atoms with van der Waals surface area (Å²) in [5.41, 5.74) is 0. The zero-order chi connectivity index (χ0) is 14.4. The molecule has 118 valence electrons. The molecule has 1 aliphatic carbocycles. The molecule has 1 saturated heterocycles. The molecule has 0 aromatic heterocycles. The summed E-state index contributed by atoms with van der Waals surface area (Å²) in [6.45, 7) is 10.8. The highest BCUT2D eigenvalue weighted by Crippen LogP contribution is 2.29. The number of hydrogen-bond donors (Lipinski definition) is 1. The summed E-state index contributed by atoms with van der Waals surface area (Å²) in [7, 11) is 0. The number of hydrogen-bond acceptors (Lipinski definition) is 3. The Morgan fingerprint density at radius 1 is 1.20 bits per heavy atom. The lowest BCUT2D eigenvalue weighted by Gasteiger charge is -2.45. The van der Waals surface area contributed by atoms with Crippen molar-refractivity contribution in [3.8, 4) is 0 Å². The molecule has 3 heteroatoms. The van der Waals surface area contributed by atoms with E-state index in [9.17, 15) is 0 Å². The summed E-state index contributed by atoms with van der Waals surface area (Å²) >= 11 is 2.09. The molecule has 2 fully saturated rings. The number of nitrogens with zero attached hydrogens (tertiary/aromatic N) is 1. The van der Waals surface area contributed by atoms with Crippen LogP contribution in [0.3, 0.4) is 0 Å². The van der Waals surface area contributed by atoms with Crippen molar-refractivity contribution in [3.63, 3.8) is 0 Å². The highest BCUT2D eigenvalue weighted by molar-refractivity contribution is 7.99. The summed E-state index contributed by atoms with van der Waals surface area (Å²) in [5.74, 6) is 4.27. The molecule has 0 aromatic rings. The van der Waals surface area contributed by atoms with Crippen LogP contribution in [-0.2, 0) is 0 Å². The Morgan fingerprint density at radius 3 is 2.60 bits per heavy atom. The van der Waals surface area contributed by atoms with Gasteiger partial charge in [-0.3, -0.25) is 4.90 Å². The van der Waals surface area contributed by atoms with Gasteiger partial charge in [-0.2, -0.15) is 11.8 Å². The molecular weight excluding hydrogens is 264 g/mol. The highest BCUT2D eigenvalue weighted by Gasteiger charge is 2.33. The summed E-state index contributed by atoms with van der Waals surface area (Å²) in [5, 5.41) is 3.89. The largest absolute Gasteiger partial charge is 0.311 e. The maximum atomic E-state index is 3.89. The third kappa shape index (κ3) is 4.64. The minimum Gasteiger partial charge on any atom is -0.311 e. The van der Waals surface area contributed by atoms with Gasteiger partial charge in [-0.25, -0.2) is 0 Å². The number of piperazine rings is 1. The van der Waals surface area contributed by atoms with Crippen LogP contribution in [0.15, 0.2) is 0 Å².